The molecule has 1 aliphatic rings. The lowest BCUT2D eigenvalue weighted by molar-refractivity contribution is -0.274. The van der Waals surface area contributed by atoms with Gasteiger partial charge in [-0.25, -0.2) is 4.98 Å². The summed E-state index contributed by atoms with van der Waals surface area (Å²) in [6.45, 7) is 3.26. The molecule has 1 N–H and O–H groups in total. The summed E-state index contributed by atoms with van der Waals surface area (Å²) in [4.78, 5) is 31.9. The number of aromatic nitrogens is 1. The van der Waals surface area contributed by atoms with E-state index < -0.39 is 18.3 Å². The number of nitrogens with one attached hydrogen (secondary N) is 1. The molecule has 190 valence electrons. The number of hydrogen-bond acceptors (Lipinski definition) is 5. The molecule has 1 fully saturated rings. The molecule has 0 aliphatic carbocycles. The van der Waals surface area contributed by atoms with Crippen molar-refractivity contribution in [2.75, 3.05) is 13.1 Å². The SMILES string of the molecule is Cc1cccc(C(NC(=O)Cc2ccc(OC(F)(F)F)cc2)c2nc(C(=O)N3CCCCC3)co2)c1. The smallest absolute Gasteiger partial charge is 0.445 e. The molecule has 1 saturated heterocycles. The van der Waals surface area contributed by atoms with Gasteiger partial charge in [0.1, 0.15) is 18.1 Å². The summed E-state index contributed by atoms with van der Waals surface area (Å²) in [7, 11) is 0. The maximum Gasteiger partial charge on any atom is 0.573 e. The highest BCUT2D eigenvalue weighted by molar-refractivity contribution is 5.92. The number of nitrogens with zero attached hydrogens (tertiary/aromatic N) is 2. The van der Waals surface area contributed by atoms with Gasteiger partial charge in [-0.1, -0.05) is 42.0 Å². The largest absolute Gasteiger partial charge is 0.573 e. The average Bonchev–Trinajstić information content (AvgIpc) is 3.33. The first-order valence-corrected chi connectivity index (χ1v) is 11.6. The highest BCUT2D eigenvalue weighted by atomic mass is 19.4. The van der Waals surface area contributed by atoms with E-state index in [-0.39, 0.29) is 29.7 Å². The summed E-state index contributed by atoms with van der Waals surface area (Å²) in [5.41, 5.74) is 2.36. The molecule has 0 spiro atoms. The lowest BCUT2D eigenvalue weighted by Crippen LogP contribution is -2.36. The topological polar surface area (TPSA) is 84.7 Å². The lowest BCUT2D eigenvalue weighted by Gasteiger charge is -2.25. The van der Waals surface area contributed by atoms with E-state index in [1.165, 1.54) is 18.4 Å². The zero-order valence-corrected chi connectivity index (χ0v) is 19.7. The van der Waals surface area contributed by atoms with Crippen molar-refractivity contribution in [3.63, 3.8) is 0 Å². The number of carbonyl (C=O) groups is 2. The van der Waals surface area contributed by atoms with Crippen molar-refractivity contribution in [2.24, 2.45) is 0 Å². The Morgan fingerprint density at radius 1 is 1.11 bits per heavy atom. The van der Waals surface area contributed by atoms with Crippen molar-refractivity contribution >= 4 is 11.8 Å². The molecule has 3 aromatic rings. The minimum Gasteiger partial charge on any atom is -0.445 e. The van der Waals surface area contributed by atoms with Gasteiger partial charge in [0.05, 0.1) is 6.42 Å². The van der Waals surface area contributed by atoms with Crippen molar-refractivity contribution < 1.29 is 31.9 Å². The Labute approximate surface area is 206 Å². The predicted molar refractivity (Wildman–Crippen MR) is 124 cm³/mol. The zero-order valence-electron chi connectivity index (χ0n) is 19.7. The minimum atomic E-state index is -4.79. The number of rotatable bonds is 7. The number of oxazole rings is 1. The molecular formula is C26H26F3N3O4. The molecule has 2 heterocycles. The van der Waals surface area contributed by atoms with Crippen LogP contribution in [0.2, 0.25) is 0 Å². The molecule has 0 bridgehead atoms. The van der Waals surface area contributed by atoms with E-state index in [1.807, 2.05) is 31.2 Å². The van der Waals surface area contributed by atoms with E-state index in [4.69, 9.17) is 4.42 Å². The summed E-state index contributed by atoms with van der Waals surface area (Å²) in [6, 6.07) is 11.8. The average molecular weight is 502 g/mol. The predicted octanol–water partition coefficient (Wildman–Crippen LogP) is 4.96. The van der Waals surface area contributed by atoms with Gasteiger partial charge in [0.15, 0.2) is 5.69 Å². The highest BCUT2D eigenvalue weighted by Gasteiger charge is 2.31. The van der Waals surface area contributed by atoms with Gasteiger partial charge in [-0.3, -0.25) is 9.59 Å². The third kappa shape index (κ3) is 6.65. The molecule has 2 amide bonds. The van der Waals surface area contributed by atoms with E-state index in [9.17, 15) is 22.8 Å². The lowest BCUT2D eigenvalue weighted by atomic mass is 10.0. The Bertz CT molecular complexity index is 1200. The molecule has 1 atom stereocenters. The second-order valence-corrected chi connectivity index (χ2v) is 8.71. The quantitative estimate of drug-likeness (QED) is 0.495. The minimum absolute atomic E-state index is 0.0884. The van der Waals surface area contributed by atoms with Crippen LogP contribution in [0.1, 0.15) is 58.4 Å². The molecule has 1 aromatic heterocycles. The van der Waals surface area contributed by atoms with Crippen LogP contribution in [0.4, 0.5) is 13.2 Å². The second-order valence-electron chi connectivity index (χ2n) is 8.71. The first-order chi connectivity index (χ1) is 17.2. The van der Waals surface area contributed by atoms with Crippen molar-refractivity contribution in [1.29, 1.82) is 0 Å². The Hall–Kier alpha value is -3.82. The number of ether oxygens (including phenoxy) is 1. The maximum absolute atomic E-state index is 12.9. The van der Waals surface area contributed by atoms with Crippen molar-refractivity contribution in [2.45, 2.75) is 45.0 Å². The molecular weight excluding hydrogens is 475 g/mol. The Kier molecular flexibility index (Phi) is 7.61. The first-order valence-electron chi connectivity index (χ1n) is 11.6. The number of piperidine rings is 1. The summed E-state index contributed by atoms with van der Waals surface area (Å²) < 4.78 is 46.7. The second kappa shape index (κ2) is 10.8. The number of amides is 2. The third-order valence-electron chi connectivity index (χ3n) is 5.83. The van der Waals surface area contributed by atoms with Crippen LogP contribution in [0.5, 0.6) is 5.75 Å². The fraction of sp³-hybridized carbons (Fsp3) is 0.346. The zero-order chi connectivity index (χ0) is 25.7. The van der Waals surface area contributed by atoms with Gasteiger partial charge in [0.2, 0.25) is 11.8 Å². The van der Waals surface area contributed by atoms with Gasteiger partial charge in [-0.15, -0.1) is 13.2 Å². The fourth-order valence-corrected chi connectivity index (χ4v) is 4.12. The highest BCUT2D eigenvalue weighted by Crippen LogP contribution is 2.25. The number of halogens is 3. The summed E-state index contributed by atoms with van der Waals surface area (Å²) in [5, 5.41) is 2.88. The Morgan fingerprint density at radius 3 is 2.50 bits per heavy atom. The molecule has 4 rings (SSSR count). The van der Waals surface area contributed by atoms with Crippen LogP contribution >= 0.6 is 0 Å². The standard InChI is InChI=1S/C26H26F3N3O4/c1-17-6-5-7-19(14-17)23(24-30-21(16-35-24)25(34)32-12-3-2-4-13-32)31-22(33)15-18-8-10-20(11-9-18)36-26(27,28)29/h5-11,14,16,23H,2-4,12-13,15H2,1H3,(H,31,33). The normalized spacial score (nSPS) is 14.8. The molecule has 1 unspecified atom stereocenters. The number of hydrogen-bond donors (Lipinski definition) is 1. The molecule has 1 aliphatic heterocycles. The Balaban J connectivity index is 1.50. The van der Waals surface area contributed by atoms with E-state index >= 15 is 0 Å². The van der Waals surface area contributed by atoms with E-state index in [2.05, 4.69) is 15.0 Å². The summed E-state index contributed by atoms with van der Waals surface area (Å²) >= 11 is 0. The van der Waals surface area contributed by atoms with Crippen molar-refractivity contribution in [3.8, 4) is 5.75 Å². The van der Waals surface area contributed by atoms with Crippen molar-refractivity contribution in [1.82, 2.24) is 15.2 Å². The van der Waals surface area contributed by atoms with Gasteiger partial charge >= 0.3 is 6.36 Å². The monoisotopic (exact) mass is 501 g/mol. The number of alkyl halides is 3. The number of aryl methyl sites for hydroxylation is 1. The molecule has 10 heteroatoms. The van der Waals surface area contributed by atoms with Crippen LogP contribution in [0.3, 0.4) is 0 Å². The Morgan fingerprint density at radius 2 is 1.83 bits per heavy atom. The van der Waals surface area contributed by atoms with E-state index in [0.29, 0.717) is 18.7 Å². The molecule has 0 saturated carbocycles. The first kappa shape index (κ1) is 25.3. The van der Waals surface area contributed by atoms with Crippen molar-refractivity contribution in [3.05, 3.63) is 83.1 Å². The van der Waals surface area contributed by atoms with Crippen LogP contribution in [0.15, 0.2) is 59.2 Å². The van der Waals surface area contributed by atoms with Gasteiger partial charge in [-0.05, 0) is 49.4 Å². The summed E-state index contributed by atoms with van der Waals surface area (Å²) in [6.07, 6.45) is -0.587. The third-order valence-corrected chi connectivity index (χ3v) is 5.83. The molecule has 7 nitrogen and oxygen atoms in total. The summed E-state index contributed by atoms with van der Waals surface area (Å²) in [5.74, 6) is -0.800. The van der Waals surface area contributed by atoms with Gasteiger partial charge in [-0.2, -0.15) is 0 Å². The van der Waals surface area contributed by atoms with Gasteiger partial charge in [0, 0.05) is 13.1 Å². The van der Waals surface area contributed by atoms with E-state index in [0.717, 1.165) is 42.5 Å². The number of likely N-dealkylation sites (tertiary alicyclic amines) is 1. The van der Waals surface area contributed by atoms with Gasteiger partial charge in [0.25, 0.3) is 5.91 Å². The van der Waals surface area contributed by atoms with Crippen LogP contribution < -0.4 is 10.1 Å². The molecule has 0 radical (unpaired) electrons. The van der Waals surface area contributed by atoms with Crippen LogP contribution in [-0.2, 0) is 11.2 Å². The van der Waals surface area contributed by atoms with Crippen LogP contribution in [-0.4, -0.2) is 41.2 Å². The van der Waals surface area contributed by atoms with E-state index in [1.54, 1.807) is 4.90 Å². The molecule has 36 heavy (non-hydrogen) atoms. The molecule has 2 aromatic carbocycles. The number of benzene rings is 2. The number of carbonyl (C=O) groups excluding carboxylic acids is 2. The van der Waals surface area contributed by atoms with Gasteiger partial charge < -0.3 is 19.4 Å². The van der Waals surface area contributed by atoms with Crippen LogP contribution in [0.25, 0.3) is 0 Å². The maximum atomic E-state index is 12.9. The van der Waals surface area contributed by atoms with Crippen LogP contribution in [0, 0.1) is 6.92 Å². The fourth-order valence-electron chi connectivity index (χ4n) is 4.12.